The zero-order valence-electron chi connectivity index (χ0n) is 15.5. The number of phenols is 2. The van der Waals surface area contributed by atoms with Crippen LogP contribution < -0.4 is 0 Å². The number of rotatable bonds is 1. The molecule has 0 amide bonds. The smallest absolute Gasteiger partial charge is 0.342 e. The van der Waals surface area contributed by atoms with Crippen molar-refractivity contribution in [2.75, 3.05) is 0 Å². The maximum Gasteiger partial charge on any atom is 0.342 e. The van der Waals surface area contributed by atoms with Crippen LogP contribution in [-0.4, -0.2) is 34.4 Å². The highest BCUT2D eigenvalue weighted by molar-refractivity contribution is 5.94. The van der Waals surface area contributed by atoms with Crippen molar-refractivity contribution >= 4 is 11.9 Å². The van der Waals surface area contributed by atoms with E-state index in [-0.39, 0.29) is 35.2 Å². The summed E-state index contributed by atoms with van der Waals surface area (Å²) in [4.78, 5) is 23.8. The first-order valence-electron chi connectivity index (χ1n) is 9.30. The average molecular weight is 364 g/mol. The van der Waals surface area contributed by atoms with E-state index in [0.717, 1.165) is 44.6 Å². The zero-order valence-corrected chi connectivity index (χ0v) is 15.5. The van der Waals surface area contributed by atoms with Gasteiger partial charge in [0.25, 0.3) is 0 Å². The van der Waals surface area contributed by atoms with E-state index in [2.05, 4.69) is 0 Å². The van der Waals surface area contributed by atoms with Crippen LogP contribution in [0.4, 0.5) is 0 Å². The molecule has 2 atom stereocenters. The van der Waals surface area contributed by atoms with Crippen LogP contribution in [-0.2, 0) is 20.7 Å². The molecule has 26 heavy (non-hydrogen) atoms. The topological polar surface area (TPSA) is 93.1 Å². The van der Waals surface area contributed by atoms with E-state index in [1.807, 2.05) is 6.92 Å². The number of aryl methyl sites for hydroxylation is 1. The highest BCUT2D eigenvalue weighted by Crippen LogP contribution is 2.30. The van der Waals surface area contributed by atoms with Crippen molar-refractivity contribution in [3.05, 3.63) is 23.3 Å². The highest BCUT2D eigenvalue weighted by atomic mass is 16.5. The maximum absolute atomic E-state index is 12.5. The van der Waals surface area contributed by atoms with E-state index in [4.69, 9.17) is 9.47 Å². The Balaban J connectivity index is 2.16. The lowest BCUT2D eigenvalue weighted by Crippen LogP contribution is -2.20. The molecule has 2 N–H and O–H groups in total. The Morgan fingerprint density at radius 1 is 1.12 bits per heavy atom. The molecule has 1 aliphatic heterocycles. The summed E-state index contributed by atoms with van der Waals surface area (Å²) in [6.07, 6.45) is 5.74. The van der Waals surface area contributed by atoms with Gasteiger partial charge in [-0.2, -0.15) is 0 Å². The van der Waals surface area contributed by atoms with Gasteiger partial charge in [0.15, 0.2) is 0 Å². The molecule has 1 aliphatic rings. The van der Waals surface area contributed by atoms with Crippen LogP contribution in [0, 0.1) is 0 Å². The van der Waals surface area contributed by atoms with Gasteiger partial charge in [-0.15, -0.1) is 0 Å². The Labute approximate surface area is 154 Å². The number of benzene rings is 1. The first-order chi connectivity index (χ1) is 12.4. The third kappa shape index (κ3) is 5.93. The second-order valence-electron chi connectivity index (χ2n) is 6.98. The van der Waals surface area contributed by atoms with E-state index < -0.39 is 5.97 Å². The van der Waals surface area contributed by atoms with Crippen molar-refractivity contribution in [3.8, 4) is 11.5 Å². The van der Waals surface area contributed by atoms with Gasteiger partial charge in [0.05, 0.1) is 6.10 Å². The Bertz CT molecular complexity index is 639. The normalized spacial score (nSPS) is 22.6. The molecular formula is C20H28O6. The number of carbonyl (C=O) groups excluding carboxylic acids is 2. The third-order valence-electron chi connectivity index (χ3n) is 4.64. The number of hydrogen-bond donors (Lipinski definition) is 2. The van der Waals surface area contributed by atoms with Crippen molar-refractivity contribution in [2.45, 2.75) is 77.4 Å². The van der Waals surface area contributed by atoms with Crippen molar-refractivity contribution < 1.29 is 29.3 Å². The Kier molecular flexibility index (Phi) is 7.30. The molecule has 0 saturated heterocycles. The minimum Gasteiger partial charge on any atom is -0.508 e. The second kappa shape index (κ2) is 9.46. The number of ether oxygens (including phenoxy) is 2. The number of aromatic hydroxyl groups is 2. The van der Waals surface area contributed by atoms with E-state index in [1.54, 1.807) is 0 Å². The van der Waals surface area contributed by atoms with Gasteiger partial charge in [-0.3, -0.25) is 4.79 Å². The Morgan fingerprint density at radius 3 is 2.58 bits per heavy atom. The average Bonchev–Trinajstić information content (AvgIpc) is 2.52. The largest absolute Gasteiger partial charge is 0.508 e. The second-order valence-corrected chi connectivity index (χ2v) is 6.98. The van der Waals surface area contributed by atoms with Crippen molar-refractivity contribution in [1.29, 1.82) is 0 Å². The summed E-state index contributed by atoms with van der Waals surface area (Å²) < 4.78 is 10.9. The molecule has 0 fully saturated rings. The molecule has 0 radical (unpaired) electrons. The number of hydrogen-bond acceptors (Lipinski definition) is 6. The van der Waals surface area contributed by atoms with Gasteiger partial charge in [-0.1, -0.05) is 6.42 Å². The predicted molar refractivity (Wildman–Crippen MR) is 96.2 cm³/mol. The lowest BCUT2D eigenvalue weighted by molar-refractivity contribution is -0.147. The fourth-order valence-corrected chi connectivity index (χ4v) is 3.40. The minimum absolute atomic E-state index is 0.0712. The van der Waals surface area contributed by atoms with Crippen LogP contribution in [0.3, 0.4) is 0 Å². The Hall–Kier alpha value is -2.24. The summed E-state index contributed by atoms with van der Waals surface area (Å²) in [5, 5.41) is 19.8. The van der Waals surface area contributed by atoms with Crippen molar-refractivity contribution in [1.82, 2.24) is 0 Å². The minimum atomic E-state index is -0.571. The summed E-state index contributed by atoms with van der Waals surface area (Å²) in [7, 11) is 0. The first-order valence-corrected chi connectivity index (χ1v) is 9.30. The molecule has 1 aromatic rings. The summed E-state index contributed by atoms with van der Waals surface area (Å²) in [5.74, 6) is -1.16. The molecule has 1 aromatic carbocycles. The molecule has 0 saturated carbocycles. The van der Waals surface area contributed by atoms with Gasteiger partial charge < -0.3 is 19.7 Å². The van der Waals surface area contributed by atoms with E-state index in [0.29, 0.717) is 18.4 Å². The lowest BCUT2D eigenvalue weighted by Gasteiger charge is -2.20. The molecule has 0 unspecified atom stereocenters. The number of cyclic esters (lactones) is 1. The molecule has 144 valence electrons. The van der Waals surface area contributed by atoms with E-state index in [9.17, 15) is 19.8 Å². The van der Waals surface area contributed by atoms with Gasteiger partial charge in [0.2, 0.25) is 0 Å². The highest BCUT2D eigenvalue weighted by Gasteiger charge is 2.22. The van der Waals surface area contributed by atoms with Gasteiger partial charge in [0, 0.05) is 13.0 Å². The summed E-state index contributed by atoms with van der Waals surface area (Å²) in [5.41, 5.74) is 0.734. The first kappa shape index (κ1) is 20.1. The summed E-state index contributed by atoms with van der Waals surface area (Å²) in [6.45, 7) is 3.23. The number of esters is 2. The number of fused-ring (bicyclic) bond motifs is 1. The predicted octanol–water partition coefficient (Wildman–Crippen LogP) is 3.86. The fourth-order valence-electron chi connectivity index (χ4n) is 3.40. The van der Waals surface area contributed by atoms with Crippen molar-refractivity contribution in [2.24, 2.45) is 0 Å². The maximum atomic E-state index is 12.5. The van der Waals surface area contributed by atoms with Crippen LogP contribution in [0.1, 0.15) is 74.7 Å². The van der Waals surface area contributed by atoms with Gasteiger partial charge in [-0.05, 0) is 63.5 Å². The van der Waals surface area contributed by atoms with Crippen LogP contribution in [0.25, 0.3) is 0 Å². The van der Waals surface area contributed by atoms with Crippen LogP contribution in [0.5, 0.6) is 11.5 Å². The molecule has 2 rings (SSSR count). The number of carbonyl (C=O) groups is 2. The molecule has 6 nitrogen and oxygen atoms in total. The fraction of sp³-hybridized carbons (Fsp3) is 0.600. The van der Waals surface area contributed by atoms with Crippen molar-refractivity contribution in [3.63, 3.8) is 0 Å². The van der Waals surface area contributed by atoms with Gasteiger partial charge in [0.1, 0.15) is 23.2 Å². The monoisotopic (exact) mass is 364 g/mol. The molecular weight excluding hydrogens is 336 g/mol. The van der Waals surface area contributed by atoms with Crippen LogP contribution in [0.15, 0.2) is 12.1 Å². The van der Waals surface area contributed by atoms with E-state index >= 15 is 0 Å². The molecule has 1 heterocycles. The lowest BCUT2D eigenvalue weighted by atomic mass is 9.97. The third-order valence-corrected chi connectivity index (χ3v) is 4.64. The van der Waals surface area contributed by atoms with Crippen LogP contribution in [0.2, 0.25) is 0 Å². The molecule has 0 spiro atoms. The molecule has 0 aromatic heterocycles. The van der Waals surface area contributed by atoms with E-state index in [1.165, 1.54) is 13.0 Å². The van der Waals surface area contributed by atoms with Gasteiger partial charge >= 0.3 is 11.9 Å². The SMILES string of the molecule is CC(=O)O[C@H]1CCCCCc2cc(O)cc(O)c2C(=O)O[C@@H](C)CCC1. The van der Waals surface area contributed by atoms with Gasteiger partial charge in [-0.25, -0.2) is 4.79 Å². The molecule has 0 bridgehead atoms. The standard InChI is InChI=1S/C20H28O6/c1-13-7-6-10-17(26-14(2)21)9-5-3-4-8-15-11-16(22)12-18(23)19(15)20(24)25-13/h11-13,17,22-23H,3-10H2,1-2H3/t13-,17-/m0/s1. The summed E-state index contributed by atoms with van der Waals surface area (Å²) >= 11 is 0. The Morgan fingerprint density at radius 2 is 1.85 bits per heavy atom. The zero-order chi connectivity index (χ0) is 19.1. The molecule has 0 aliphatic carbocycles. The quantitative estimate of drug-likeness (QED) is 0.735. The summed E-state index contributed by atoms with van der Waals surface area (Å²) in [6, 6.07) is 2.67. The van der Waals surface area contributed by atoms with Crippen LogP contribution >= 0.6 is 0 Å². The molecule has 6 heteroatoms. The number of phenolic OH excluding ortho intramolecular Hbond substituents is 2.